The van der Waals surface area contributed by atoms with Crippen LogP contribution in [0.4, 0.5) is 13.6 Å². The van der Waals surface area contributed by atoms with E-state index < -0.39 is 45.5 Å². The van der Waals surface area contributed by atoms with Crippen LogP contribution in [0.2, 0.25) is 0 Å². The number of phenols is 1. The van der Waals surface area contributed by atoms with Gasteiger partial charge >= 0.3 is 6.09 Å². The van der Waals surface area contributed by atoms with Crippen LogP contribution in [-0.2, 0) is 21.4 Å². The van der Waals surface area contributed by atoms with Crippen molar-refractivity contribution in [1.29, 1.82) is 0 Å². The summed E-state index contributed by atoms with van der Waals surface area (Å²) in [6, 6.07) is 8.97. The SMILES string of the molecule is NC(=O)OCc1cc2c(F)c(F)c(O)cc2n1S(=O)(=O)c1ccccc1. The van der Waals surface area contributed by atoms with Gasteiger partial charge in [0, 0.05) is 11.5 Å². The number of carbonyl (C=O) groups is 1. The number of benzene rings is 2. The lowest BCUT2D eigenvalue weighted by molar-refractivity contribution is 0.148. The summed E-state index contributed by atoms with van der Waals surface area (Å²) in [7, 11) is -4.26. The Balaban J connectivity index is 2.34. The number of ether oxygens (including phenoxy) is 1. The van der Waals surface area contributed by atoms with E-state index in [-0.39, 0.29) is 16.1 Å². The Bertz CT molecular complexity index is 1110. The average molecular weight is 382 g/mol. The summed E-state index contributed by atoms with van der Waals surface area (Å²) in [6.07, 6.45) is -1.17. The minimum absolute atomic E-state index is 0.137. The van der Waals surface area contributed by atoms with Crippen LogP contribution in [0.3, 0.4) is 0 Å². The number of phenolic OH excluding ortho intramolecular Hbond substituents is 1. The van der Waals surface area contributed by atoms with Crippen molar-refractivity contribution >= 4 is 27.0 Å². The molecule has 3 rings (SSSR count). The number of rotatable bonds is 4. The number of nitrogens with zero attached hydrogens (tertiary/aromatic N) is 1. The molecule has 1 amide bonds. The smallest absolute Gasteiger partial charge is 0.404 e. The number of primary amides is 1. The Morgan fingerprint density at radius 1 is 1.15 bits per heavy atom. The molecule has 10 heteroatoms. The van der Waals surface area contributed by atoms with Crippen LogP contribution in [0.25, 0.3) is 10.9 Å². The number of amides is 1. The molecule has 3 N–H and O–H groups in total. The Morgan fingerprint density at radius 3 is 2.42 bits per heavy atom. The van der Waals surface area contributed by atoms with E-state index in [2.05, 4.69) is 4.74 Å². The van der Waals surface area contributed by atoms with Crippen LogP contribution < -0.4 is 5.73 Å². The van der Waals surface area contributed by atoms with E-state index >= 15 is 0 Å². The summed E-state index contributed by atoms with van der Waals surface area (Å²) in [5.74, 6) is -4.00. The van der Waals surface area contributed by atoms with Crippen LogP contribution in [0.15, 0.2) is 47.4 Å². The Labute approximate surface area is 146 Å². The standard InChI is InChI=1S/C16H12F2N2O5S/c17-14-11-6-9(8-25-16(19)22)20(12(11)7-13(21)15(14)18)26(23,24)10-4-2-1-3-5-10/h1-7,21H,8H2,(H2,19,22). The van der Waals surface area contributed by atoms with Gasteiger partial charge < -0.3 is 15.6 Å². The van der Waals surface area contributed by atoms with Crippen molar-refractivity contribution in [2.24, 2.45) is 5.73 Å². The van der Waals surface area contributed by atoms with Crippen molar-refractivity contribution in [3.63, 3.8) is 0 Å². The van der Waals surface area contributed by atoms with Gasteiger partial charge in [0.1, 0.15) is 6.61 Å². The van der Waals surface area contributed by atoms with Crippen molar-refractivity contribution in [2.75, 3.05) is 0 Å². The highest BCUT2D eigenvalue weighted by Crippen LogP contribution is 2.33. The lowest BCUT2D eigenvalue weighted by atomic mass is 10.2. The molecule has 0 saturated heterocycles. The molecule has 1 aromatic heterocycles. The van der Waals surface area contributed by atoms with Gasteiger partial charge in [-0.05, 0) is 18.2 Å². The van der Waals surface area contributed by atoms with Crippen LogP contribution in [0.1, 0.15) is 5.69 Å². The zero-order chi connectivity index (χ0) is 19.1. The molecule has 2 aromatic carbocycles. The lowest BCUT2D eigenvalue weighted by Gasteiger charge is -2.12. The maximum absolute atomic E-state index is 14.2. The fraction of sp³-hybridized carbons (Fsp3) is 0.0625. The van der Waals surface area contributed by atoms with Crippen molar-refractivity contribution < 1.29 is 31.8 Å². The summed E-state index contributed by atoms with van der Waals surface area (Å²) in [5.41, 5.74) is 4.40. The molecule has 0 bridgehead atoms. The van der Waals surface area contributed by atoms with Gasteiger partial charge in [0.15, 0.2) is 11.6 Å². The van der Waals surface area contributed by atoms with E-state index in [9.17, 15) is 27.1 Å². The fourth-order valence-corrected chi connectivity index (χ4v) is 4.06. The van der Waals surface area contributed by atoms with Gasteiger partial charge in [0.2, 0.25) is 5.82 Å². The molecule has 0 radical (unpaired) electrons. The second-order valence-electron chi connectivity index (χ2n) is 5.28. The number of hydrogen-bond acceptors (Lipinski definition) is 5. The third kappa shape index (κ3) is 2.84. The van der Waals surface area contributed by atoms with E-state index in [1.54, 1.807) is 6.07 Å². The predicted molar refractivity (Wildman–Crippen MR) is 86.9 cm³/mol. The third-order valence-corrected chi connectivity index (χ3v) is 5.42. The maximum Gasteiger partial charge on any atom is 0.404 e. The van der Waals surface area contributed by atoms with Gasteiger partial charge in [-0.15, -0.1) is 0 Å². The number of nitrogens with two attached hydrogens (primary N) is 1. The summed E-state index contributed by atoms with van der Waals surface area (Å²) < 4.78 is 59.0. The highest BCUT2D eigenvalue weighted by Gasteiger charge is 2.27. The number of aromatic nitrogens is 1. The van der Waals surface area contributed by atoms with Gasteiger partial charge in [0.05, 0.1) is 16.1 Å². The molecule has 0 aliphatic rings. The van der Waals surface area contributed by atoms with Gasteiger partial charge in [-0.3, -0.25) is 0 Å². The molecule has 3 aromatic rings. The van der Waals surface area contributed by atoms with Crippen molar-refractivity contribution in [2.45, 2.75) is 11.5 Å². The van der Waals surface area contributed by atoms with Crippen LogP contribution in [-0.4, -0.2) is 23.6 Å². The normalized spacial score (nSPS) is 11.6. The van der Waals surface area contributed by atoms with E-state index in [4.69, 9.17) is 5.73 Å². The first-order valence-electron chi connectivity index (χ1n) is 7.17. The monoisotopic (exact) mass is 382 g/mol. The molecular formula is C16H12F2N2O5S. The number of halogens is 2. The summed E-state index contributed by atoms with van der Waals surface area (Å²) >= 11 is 0. The van der Waals surface area contributed by atoms with Crippen LogP contribution in [0, 0.1) is 11.6 Å². The Morgan fingerprint density at radius 2 is 1.81 bits per heavy atom. The zero-order valence-corrected chi connectivity index (χ0v) is 13.8. The average Bonchev–Trinajstić information content (AvgIpc) is 2.98. The highest BCUT2D eigenvalue weighted by atomic mass is 32.2. The zero-order valence-electron chi connectivity index (χ0n) is 13.0. The van der Waals surface area contributed by atoms with Gasteiger partial charge in [-0.25, -0.2) is 21.6 Å². The first kappa shape index (κ1) is 17.7. The number of carbonyl (C=O) groups excluding carboxylic acids is 1. The fourth-order valence-electron chi connectivity index (χ4n) is 2.53. The van der Waals surface area contributed by atoms with Crippen molar-refractivity contribution in [1.82, 2.24) is 3.97 Å². The summed E-state index contributed by atoms with van der Waals surface area (Å²) in [6.45, 7) is -0.599. The van der Waals surface area contributed by atoms with Gasteiger partial charge in [-0.1, -0.05) is 18.2 Å². The number of aromatic hydroxyl groups is 1. The van der Waals surface area contributed by atoms with E-state index in [1.165, 1.54) is 24.3 Å². The maximum atomic E-state index is 14.2. The predicted octanol–water partition coefficient (Wildman–Crippen LogP) is 2.46. The molecule has 136 valence electrons. The van der Waals surface area contributed by atoms with E-state index in [1.807, 2.05) is 0 Å². The molecule has 26 heavy (non-hydrogen) atoms. The molecule has 0 aliphatic heterocycles. The third-order valence-electron chi connectivity index (χ3n) is 3.64. The topological polar surface area (TPSA) is 112 Å². The second kappa shape index (κ2) is 6.30. The summed E-state index contributed by atoms with van der Waals surface area (Å²) in [4.78, 5) is 10.7. The molecule has 0 saturated carbocycles. The molecule has 0 aliphatic carbocycles. The van der Waals surface area contributed by atoms with Crippen LogP contribution >= 0.6 is 0 Å². The van der Waals surface area contributed by atoms with E-state index in [0.717, 1.165) is 12.1 Å². The highest BCUT2D eigenvalue weighted by molar-refractivity contribution is 7.90. The molecule has 0 spiro atoms. The Hall–Kier alpha value is -3.14. The van der Waals surface area contributed by atoms with Crippen molar-refractivity contribution in [3.8, 4) is 5.75 Å². The Kier molecular flexibility index (Phi) is 4.28. The minimum Gasteiger partial charge on any atom is -0.505 e. The molecule has 0 fully saturated rings. The summed E-state index contributed by atoms with van der Waals surface area (Å²) in [5, 5.41) is 9.16. The molecule has 0 unspecified atom stereocenters. The molecular weight excluding hydrogens is 370 g/mol. The second-order valence-corrected chi connectivity index (χ2v) is 7.07. The molecule has 7 nitrogen and oxygen atoms in total. The quantitative estimate of drug-likeness (QED) is 0.720. The largest absolute Gasteiger partial charge is 0.505 e. The first-order chi connectivity index (χ1) is 12.2. The van der Waals surface area contributed by atoms with E-state index in [0.29, 0.717) is 3.97 Å². The lowest BCUT2D eigenvalue weighted by Crippen LogP contribution is -2.19. The first-order valence-corrected chi connectivity index (χ1v) is 8.61. The molecule has 1 heterocycles. The number of hydrogen-bond donors (Lipinski definition) is 2. The molecule has 0 atom stereocenters. The van der Waals surface area contributed by atoms with Gasteiger partial charge in [-0.2, -0.15) is 4.39 Å². The van der Waals surface area contributed by atoms with Crippen LogP contribution in [0.5, 0.6) is 5.75 Å². The van der Waals surface area contributed by atoms with Crippen molar-refractivity contribution in [3.05, 3.63) is 59.8 Å². The minimum atomic E-state index is -4.26. The number of fused-ring (bicyclic) bond motifs is 1. The van der Waals surface area contributed by atoms with Gasteiger partial charge in [0.25, 0.3) is 10.0 Å².